The molecule has 1 unspecified atom stereocenters. The Morgan fingerprint density at radius 1 is 1.05 bits per heavy atom. The lowest BCUT2D eigenvalue weighted by Crippen LogP contribution is -2.24. The number of oxime groups is 1. The van der Waals surface area contributed by atoms with Crippen LogP contribution in [0.5, 0.6) is 0 Å². The number of hydrogen-bond donors (Lipinski definition) is 0. The molecule has 4 nitrogen and oxygen atoms in total. The van der Waals surface area contributed by atoms with E-state index in [-0.39, 0.29) is 12.1 Å². The maximum atomic E-state index is 10.9. The molecule has 0 spiro atoms. The van der Waals surface area contributed by atoms with Gasteiger partial charge in [0, 0.05) is 14.0 Å². The minimum atomic E-state index is -0.367. The molecule has 1 saturated carbocycles. The minimum Gasteiger partial charge on any atom is -0.375 e. The van der Waals surface area contributed by atoms with E-state index in [1.807, 2.05) is 0 Å². The molecule has 0 amide bonds. The molecule has 1 aliphatic carbocycles. The molecular weight excluding hydrogens is 242 g/mol. The van der Waals surface area contributed by atoms with Crippen molar-refractivity contribution in [1.82, 2.24) is 0 Å². The van der Waals surface area contributed by atoms with Gasteiger partial charge in [0.15, 0.2) is 0 Å². The summed E-state index contributed by atoms with van der Waals surface area (Å²) in [6, 6.07) is 0. The molecule has 1 fully saturated rings. The third kappa shape index (κ3) is 7.31. The second kappa shape index (κ2) is 9.96. The van der Waals surface area contributed by atoms with Crippen LogP contribution in [-0.2, 0) is 14.4 Å². The third-order valence-electron chi connectivity index (χ3n) is 3.60. The van der Waals surface area contributed by atoms with Gasteiger partial charge in [-0.2, -0.15) is 0 Å². The van der Waals surface area contributed by atoms with E-state index in [9.17, 15) is 4.79 Å². The number of carbonyl (C=O) groups is 1. The van der Waals surface area contributed by atoms with E-state index in [1.165, 1.54) is 45.4 Å². The summed E-state index contributed by atoms with van der Waals surface area (Å²) in [7, 11) is 1.71. The molecule has 110 valence electrons. The molecule has 0 bridgehead atoms. The van der Waals surface area contributed by atoms with E-state index in [4.69, 9.17) is 9.57 Å². The summed E-state index contributed by atoms with van der Waals surface area (Å²) in [5, 5.41) is 4.01. The van der Waals surface area contributed by atoms with Crippen LogP contribution in [0.1, 0.15) is 71.1 Å². The van der Waals surface area contributed by atoms with Crippen LogP contribution in [0.3, 0.4) is 0 Å². The van der Waals surface area contributed by atoms with Crippen molar-refractivity contribution in [1.29, 1.82) is 0 Å². The highest BCUT2D eigenvalue weighted by atomic mass is 16.7. The Morgan fingerprint density at radius 2 is 1.63 bits per heavy atom. The SMILES string of the molecule is COC1CCCCCCCCCC/C1=N\OC(C)=O. The monoisotopic (exact) mass is 269 g/mol. The maximum absolute atomic E-state index is 10.9. The number of hydrogen-bond acceptors (Lipinski definition) is 4. The fourth-order valence-electron chi connectivity index (χ4n) is 2.51. The Bertz CT molecular complexity index is 289. The Hall–Kier alpha value is -0.900. The number of ether oxygens (including phenoxy) is 1. The quantitative estimate of drug-likeness (QED) is 0.565. The van der Waals surface area contributed by atoms with Gasteiger partial charge in [0.1, 0.15) is 0 Å². The van der Waals surface area contributed by atoms with Gasteiger partial charge in [0.2, 0.25) is 0 Å². The molecule has 0 aromatic rings. The maximum Gasteiger partial charge on any atom is 0.331 e. The number of rotatable bonds is 2. The van der Waals surface area contributed by atoms with Gasteiger partial charge in [-0.1, -0.05) is 50.1 Å². The van der Waals surface area contributed by atoms with Crippen molar-refractivity contribution in [3.63, 3.8) is 0 Å². The second-order valence-corrected chi connectivity index (χ2v) is 5.26. The van der Waals surface area contributed by atoms with Crippen LogP contribution in [0.25, 0.3) is 0 Å². The average Bonchev–Trinajstić information content (AvgIpc) is 2.38. The van der Waals surface area contributed by atoms with Gasteiger partial charge in [0.25, 0.3) is 0 Å². The van der Waals surface area contributed by atoms with Crippen LogP contribution >= 0.6 is 0 Å². The normalized spacial score (nSPS) is 25.4. The molecule has 1 atom stereocenters. The van der Waals surface area contributed by atoms with Crippen molar-refractivity contribution in [2.45, 2.75) is 77.2 Å². The zero-order valence-electron chi connectivity index (χ0n) is 12.3. The Balaban J connectivity index is 2.60. The third-order valence-corrected chi connectivity index (χ3v) is 3.60. The van der Waals surface area contributed by atoms with Crippen LogP contribution in [0.15, 0.2) is 5.16 Å². The summed E-state index contributed by atoms with van der Waals surface area (Å²) in [6.45, 7) is 1.38. The highest BCUT2D eigenvalue weighted by molar-refractivity contribution is 5.88. The summed E-state index contributed by atoms with van der Waals surface area (Å²) in [4.78, 5) is 15.7. The van der Waals surface area contributed by atoms with E-state index in [0.717, 1.165) is 31.4 Å². The average molecular weight is 269 g/mol. The molecule has 0 aromatic carbocycles. The van der Waals surface area contributed by atoms with Crippen LogP contribution in [0.2, 0.25) is 0 Å². The van der Waals surface area contributed by atoms with Gasteiger partial charge >= 0.3 is 5.97 Å². The first-order chi connectivity index (χ1) is 9.24. The van der Waals surface area contributed by atoms with Gasteiger partial charge in [0.05, 0.1) is 11.8 Å². The Kier molecular flexibility index (Phi) is 8.47. The lowest BCUT2D eigenvalue weighted by atomic mass is 9.98. The van der Waals surface area contributed by atoms with Crippen LogP contribution in [-0.4, -0.2) is 24.9 Å². The Labute approximate surface area is 116 Å². The minimum absolute atomic E-state index is 0.00113. The molecule has 0 saturated heterocycles. The van der Waals surface area contributed by atoms with Crippen LogP contribution in [0.4, 0.5) is 0 Å². The highest BCUT2D eigenvalue weighted by Crippen LogP contribution is 2.17. The molecule has 0 N–H and O–H groups in total. The van der Waals surface area contributed by atoms with Crippen molar-refractivity contribution in [3.8, 4) is 0 Å². The van der Waals surface area contributed by atoms with Crippen molar-refractivity contribution >= 4 is 11.7 Å². The van der Waals surface area contributed by atoms with E-state index in [2.05, 4.69) is 5.16 Å². The molecule has 0 heterocycles. The molecule has 0 aliphatic heterocycles. The topological polar surface area (TPSA) is 47.9 Å². The first-order valence-electron chi connectivity index (χ1n) is 7.51. The van der Waals surface area contributed by atoms with Gasteiger partial charge in [-0.15, -0.1) is 0 Å². The van der Waals surface area contributed by atoms with Crippen molar-refractivity contribution in [2.75, 3.05) is 7.11 Å². The van der Waals surface area contributed by atoms with Crippen molar-refractivity contribution in [2.24, 2.45) is 5.16 Å². The molecule has 1 rings (SSSR count). The van der Waals surface area contributed by atoms with Gasteiger partial charge < -0.3 is 9.57 Å². The first kappa shape index (κ1) is 16.2. The van der Waals surface area contributed by atoms with Gasteiger partial charge in [-0.25, -0.2) is 4.79 Å². The lowest BCUT2D eigenvalue weighted by Gasteiger charge is -2.18. The predicted octanol–water partition coefficient (Wildman–Crippen LogP) is 3.84. The molecule has 0 radical (unpaired) electrons. The van der Waals surface area contributed by atoms with E-state index in [0.29, 0.717) is 0 Å². The molecule has 4 heteroatoms. The van der Waals surface area contributed by atoms with Crippen molar-refractivity contribution in [3.05, 3.63) is 0 Å². The number of methoxy groups -OCH3 is 1. The number of carbonyl (C=O) groups excluding carboxylic acids is 1. The molecule has 0 aromatic heterocycles. The van der Waals surface area contributed by atoms with Gasteiger partial charge in [-0.05, 0) is 19.3 Å². The van der Waals surface area contributed by atoms with Gasteiger partial charge in [-0.3, -0.25) is 0 Å². The Morgan fingerprint density at radius 3 is 2.21 bits per heavy atom. The second-order valence-electron chi connectivity index (χ2n) is 5.26. The number of nitrogens with zero attached hydrogens (tertiary/aromatic N) is 1. The fourth-order valence-corrected chi connectivity index (χ4v) is 2.51. The molecule has 1 aliphatic rings. The van der Waals surface area contributed by atoms with Crippen LogP contribution < -0.4 is 0 Å². The summed E-state index contributed by atoms with van der Waals surface area (Å²) in [5.74, 6) is -0.367. The summed E-state index contributed by atoms with van der Waals surface area (Å²) in [6.07, 6.45) is 11.8. The smallest absolute Gasteiger partial charge is 0.331 e. The first-order valence-corrected chi connectivity index (χ1v) is 7.51. The largest absolute Gasteiger partial charge is 0.375 e. The zero-order valence-corrected chi connectivity index (χ0v) is 12.3. The summed E-state index contributed by atoms with van der Waals surface area (Å²) in [5.41, 5.74) is 0.887. The van der Waals surface area contributed by atoms with E-state index in [1.54, 1.807) is 7.11 Å². The van der Waals surface area contributed by atoms with Crippen molar-refractivity contribution < 1.29 is 14.4 Å². The summed E-state index contributed by atoms with van der Waals surface area (Å²) >= 11 is 0. The van der Waals surface area contributed by atoms with E-state index >= 15 is 0 Å². The lowest BCUT2D eigenvalue weighted by molar-refractivity contribution is -0.141. The van der Waals surface area contributed by atoms with E-state index < -0.39 is 0 Å². The van der Waals surface area contributed by atoms with Crippen LogP contribution in [0, 0.1) is 0 Å². The fraction of sp³-hybridized carbons (Fsp3) is 0.867. The standard InChI is InChI=1S/C15H27NO3/c1-13(17)19-16-14-11-9-7-5-3-4-6-8-10-12-15(14)18-2/h15H,3-12H2,1-2H3/b16-14+. The zero-order chi connectivity index (χ0) is 13.9. The molecule has 19 heavy (non-hydrogen) atoms. The summed E-state index contributed by atoms with van der Waals surface area (Å²) < 4.78 is 5.52. The predicted molar refractivity (Wildman–Crippen MR) is 76.2 cm³/mol. The highest BCUT2D eigenvalue weighted by Gasteiger charge is 2.16. The molecular formula is C15H27NO3.